The molecule has 11 heteroatoms. The maximum atomic E-state index is 11.6. The third-order valence-corrected chi connectivity index (χ3v) is 3.85. The van der Waals surface area contributed by atoms with Crippen LogP contribution in [0.25, 0.3) is 0 Å². The second-order valence-electron chi connectivity index (χ2n) is 5.89. The monoisotopic (exact) mass is 406 g/mol. The summed E-state index contributed by atoms with van der Waals surface area (Å²) in [6.07, 6.45) is -5.68. The Balaban J connectivity index is 3.43. The van der Waals surface area contributed by atoms with E-state index >= 15 is 0 Å². The van der Waals surface area contributed by atoms with Crippen LogP contribution >= 0.6 is 12.2 Å². The number of rotatable bonds is 6. The Morgan fingerprint density at radius 2 is 1.37 bits per heavy atom. The fourth-order valence-electron chi connectivity index (χ4n) is 2.56. The van der Waals surface area contributed by atoms with E-state index in [9.17, 15) is 24.3 Å². The van der Waals surface area contributed by atoms with Gasteiger partial charge in [0.2, 0.25) is 11.9 Å². The minimum atomic E-state index is -2.36. The molecule has 0 saturated carbocycles. The van der Waals surface area contributed by atoms with Crippen molar-refractivity contribution in [2.75, 3.05) is 6.61 Å². The molecule has 1 saturated heterocycles. The van der Waals surface area contributed by atoms with Crippen LogP contribution in [0.2, 0.25) is 0 Å². The molecule has 0 amide bonds. The number of carbonyl (C=O) groups is 4. The van der Waals surface area contributed by atoms with Gasteiger partial charge in [0.05, 0.1) is 4.86 Å². The average molecular weight is 406 g/mol. The molecule has 1 N–H and O–H groups in total. The second-order valence-corrected chi connectivity index (χ2v) is 6.50. The van der Waals surface area contributed by atoms with Gasteiger partial charge in [0.25, 0.3) is 0 Å². The van der Waals surface area contributed by atoms with Gasteiger partial charge in [-0.2, -0.15) is 0 Å². The van der Waals surface area contributed by atoms with Crippen LogP contribution in [-0.4, -0.2) is 70.7 Å². The van der Waals surface area contributed by atoms with Crippen molar-refractivity contribution in [2.45, 2.75) is 64.8 Å². The van der Waals surface area contributed by atoms with Crippen molar-refractivity contribution in [1.82, 2.24) is 0 Å². The van der Waals surface area contributed by atoms with Crippen LogP contribution in [-0.2, 0) is 42.9 Å². The first-order valence-corrected chi connectivity index (χ1v) is 8.35. The van der Waals surface area contributed by atoms with Gasteiger partial charge in [-0.25, -0.2) is 0 Å². The first-order chi connectivity index (χ1) is 12.4. The molecule has 27 heavy (non-hydrogen) atoms. The summed E-state index contributed by atoms with van der Waals surface area (Å²) in [7, 11) is 0. The molecule has 10 nitrogen and oxygen atoms in total. The van der Waals surface area contributed by atoms with E-state index < -0.39 is 60.7 Å². The van der Waals surface area contributed by atoms with Crippen molar-refractivity contribution in [1.29, 1.82) is 0 Å². The van der Waals surface area contributed by atoms with Crippen LogP contribution < -0.4 is 0 Å². The number of ether oxygens (including phenoxy) is 5. The SMILES string of the molecule is CC(=O)OC[C@H]1O[C@](O)(C(C)=S)[C@H](OC(C)=O)[C@@H](OC(C)=O)[C@H]1OC(C)=O. The Kier molecular flexibility index (Phi) is 7.81. The van der Waals surface area contributed by atoms with Gasteiger partial charge in [-0.15, -0.1) is 0 Å². The van der Waals surface area contributed by atoms with Crippen LogP contribution in [0.1, 0.15) is 34.6 Å². The highest BCUT2D eigenvalue weighted by Gasteiger charge is 2.60. The van der Waals surface area contributed by atoms with E-state index in [1.807, 2.05) is 0 Å². The summed E-state index contributed by atoms with van der Waals surface area (Å²) < 4.78 is 25.8. The molecular weight excluding hydrogens is 384 g/mol. The Morgan fingerprint density at radius 3 is 1.78 bits per heavy atom. The molecule has 1 aliphatic rings. The smallest absolute Gasteiger partial charge is 0.303 e. The van der Waals surface area contributed by atoms with E-state index in [4.69, 9.17) is 35.9 Å². The van der Waals surface area contributed by atoms with Crippen LogP contribution in [0.15, 0.2) is 0 Å². The van der Waals surface area contributed by atoms with E-state index in [-0.39, 0.29) is 4.86 Å². The zero-order valence-corrected chi connectivity index (χ0v) is 16.4. The van der Waals surface area contributed by atoms with Gasteiger partial charge in [-0.1, -0.05) is 12.2 Å². The topological polar surface area (TPSA) is 135 Å². The zero-order valence-electron chi connectivity index (χ0n) is 15.5. The van der Waals surface area contributed by atoms with Gasteiger partial charge in [0.15, 0.2) is 12.2 Å². The van der Waals surface area contributed by atoms with E-state index in [0.717, 1.165) is 27.7 Å². The van der Waals surface area contributed by atoms with Crippen LogP contribution in [0.3, 0.4) is 0 Å². The first-order valence-electron chi connectivity index (χ1n) is 7.94. The Labute approximate surface area is 161 Å². The molecule has 5 atom stereocenters. The maximum Gasteiger partial charge on any atom is 0.303 e. The van der Waals surface area contributed by atoms with E-state index in [0.29, 0.717) is 0 Å². The van der Waals surface area contributed by atoms with Crippen molar-refractivity contribution in [3.8, 4) is 0 Å². The molecule has 0 unspecified atom stereocenters. The fourth-order valence-corrected chi connectivity index (χ4v) is 2.73. The van der Waals surface area contributed by atoms with Crippen LogP contribution in [0, 0.1) is 0 Å². The molecule has 1 rings (SSSR count). The van der Waals surface area contributed by atoms with E-state index in [1.54, 1.807) is 0 Å². The van der Waals surface area contributed by atoms with Gasteiger partial charge in [-0.05, 0) is 6.92 Å². The van der Waals surface area contributed by atoms with Crippen molar-refractivity contribution in [2.24, 2.45) is 0 Å². The lowest BCUT2D eigenvalue weighted by atomic mass is 9.90. The number of hydrogen-bond donors (Lipinski definition) is 1. The number of carbonyl (C=O) groups excluding carboxylic acids is 4. The Bertz CT molecular complexity index is 633. The van der Waals surface area contributed by atoms with Gasteiger partial charge in [0, 0.05) is 27.7 Å². The molecule has 1 aliphatic heterocycles. The zero-order chi connectivity index (χ0) is 20.9. The van der Waals surface area contributed by atoms with Gasteiger partial charge in [0.1, 0.15) is 12.7 Å². The van der Waals surface area contributed by atoms with Crippen molar-refractivity contribution in [3.05, 3.63) is 0 Å². The lowest BCUT2D eigenvalue weighted by Crippen LogP contribution is -2.70. The lowest BCUT2D eigenvalue weighted by molar-refractivity contribution is -0.321. The summed E-state index contributed by atoms with van der Waals surface area (Å²) in [6.45, 7) is 5.27. The normalized spacial score (nSPS) is 30.0. The predicted octanol–water partition coefficient (Wildman–Crippen LogP) is -0.178. The van der Waals surface area contributed by atoms with Crippen molar-refractivity contribution >= 4 is 41.0 Å². The third-order valence-electron chi connectivity index (χ3n) is 3.56. The summed E-state index contributed by atoms with van der Waals surface area (Å²) in [4.78, 5) is 45.7. The largest absolute Gasteiger partial charge is 0.463 e. The molecule has 0 aromatic carbocycles. The maximum absolute atomic E-state index is 11.6. The molecule has 0 aromatic heterocycles. The Hall–Kier alpha value is -2.11. The van der Waals surface area contributed by atoms with Crippen LogP contribution in [0.4, 0.5) is 0 Å². The summed E-state index contributed by atoms with van der Waals surface area (Å²) in [5.74, 6) is -5.40. The summed E-state index contributed by atoms with van der Waals surface area (Å²) in [5, 5.41) is 10.9. The highest BCUT2D eigenvalue weighted by atomic mass is 32.1. The van der Waals surface area contributed by atoms with E-state index in [1.165, 1.54) is 6.92 Å². The number of hydrogen-bond acceptors (Lipinski definition) is 11. The summed E-state index contributed by atoms with van der Waals surface area (Å²) in [6, 6.07) is 0. The number of esters is 4. The summed E-state index contributed by atoms with van der Waals surface area (Å²) in [5.41, 5.74) is 0. The van der Waals surface area contributed by atoms with Gasteiger partial charge < -0.3 is 28.8 Å². The highest BCUT2D eigenvalue weighted by molar-refractivity contribution is 7.80. The molecule has 0 radical (unpaired) electrons. The molecule has 0 aliphatic carbocycles. The molecule has 1 fully saturated rings. The molecule has 0 aromatic rings. The lowest BCUT2D eigenvalue weighted by Gasteiger charge is -2.48. The molecule has 0 spiro atoms. The molecule has 152 valence electrons. The van der Waals surface area contributed by atoms with Gasteiger partial charge >= 0.3 is 23.9 Å². The van der Waals surface area contributed by atoms with E-state index in [2.05, 4.69) is 0 Å². The standard InChI is InChI=1S/C16H22O10S/c1-7(27)16(21)15(25-11(5)20)14(24-10(4)19)13(23-9(3)18)12(26-16)6-22-8(2)17/h12-15,21H,6H2,1-5H3/t12-,13+,14+,15-,16-/m1/s1. The summed E-state index contributed by atoms with van der Waals surface area (Å²) >= 11 is 5.02. The minimum absolute atomic E-state index is 0.139. The highest BCUT2D eigenvalue weighted by Crippen LogP contribution is 2.35. The van der Waals surface area contributed by atoms with Crippen molar-refractivity contribution < 1.29 is 48.0 Å². The quantitative estimate of drug-likeness (QED) is 0.357. The molecule has 0 bridgehead atoms. The number of thiocarbonyl (C=S) groups is 1. The first kappa shape index (κ1) is 22.9. The number of aliphatic hydroxyl groups is 1. The average Bonchev–Trinajstić information content (AvgIpc) is 2.50. The fraction of sp³-hybridized carbons (Fsp3) is 0.688. The third kappa shape index (κ3) is 5.94. The Morgan fingerprint density at radius 1 is 0.889 bits per heavy atom. The van der Waals surface area contributed by atoms with Crippen LogP contribution in [0.5, 0.6) is 0 Å². The molecule has 1 heterocycles. The predicted molar refractivity (Wildman–Crippen MR) is 91.4 cm³/mol. The van der Waals surface area contributed by atoms with Crippen molar-refractivity contribution in [3.63, 3.8) is 0 Å². The second kappa shape index (κ2) is 9.20. The van der Waals surface area contributed by atoms with Gasteiger partial charge in [-0.3, -0.25) is 19.2 Å². The minimum Gasteiger partial charge on any atom is -0.463 e. The molecular formula is C16H22O10S.